The average Bonchev–Trinajstić information content (AvgIpc) is 2.15. The third kappa shape index (κ3) is 1.89. The van der Waals surface area contributed by atoms with Gasteiger partial charge in [-0.1, -0.05) is 13.8 Å². The summed E-state index contributed by atoms with van der Waals surface area (Å²) in [5.41, 5.74) is 0. The van der Waals surface area contributed by atoms with Crippen molar-refractivity contribution in [3.63, 3.8) is 0 Å². The monoisotopic (exact) mass is 252 g/mol. The average molecular weight is 252 g/mol. The molecule has 0 bridgehead atoms. The van der Waals surface area contributed by atoms with E-state index in [1.54, 1.807) is 4.68 Å². The topological polar surface area (TPSA) is 43.6 Å². The van der Waals surface area contributed by atoms with Crippen LogP contribution >= 0.6 is 22.6 Å². The fourth-order valence-corrected chi connectivity index (χ4v) is 1.04. The zero-order valence-electron chi connectivity index (χ0n) is 5.95. The van der Waals surface area contributed by atoms with Gasteiger partial charge in [0.2, 0.25) is 3.83 Å². The minimum absolute atomic E-state index is 0.594. The van der Waals surface area contributed by atoms with E-state index in [-0.39, 0.29) is 0 Å². The Balaban J connectivity index is 2.65. The van der Waals surface area contributed by atoms with Crippen molar-refractivity contribution in [1.82, 2.24) is 20.2 Å². The Morgan fingerprint density at radius 2 is 2.30 bits per heavy atom. The van der Waals surface area contributed by atoms with Crippen LogP contribution in [-0.4, -0.2) is 20.2 Å². The molecule has 5 heteroatoms. The predicted octanol–water partition coefficient (Wildman–Crippen LogP) is 0.934. The number of hydrogen-bond acceptors (Lipinski definition) is 3. The van der Waals surface area contributed by atoms with Gasteiger partial charge in [0.1, 0.15) is 0 Å². The quantitative estimate of drug-likeness (QED) is 0.735. The van der Waals surface area contributed by atoms with Crippen LogP contribution in [0.25, 0.3) is 0 Å². The van der Waals surface area contributed by atoms with Gasteiger partial charge in [-0.05, 0) is 16.3 Å². The van der Waals surface area contributed by atoms with Crippen LogP contribution in [0.3, 0.4) is 0 Å². The number of hydrogen-bond donors (Lipinski definition) is 0. The van der Waals surface area contributed by atoms with Gasteiger partial charge in [-0.2, -0.15) is 0 Å². The van der Waals surface area contributed by atoms with Gasteiger partial charge in [0, 0.05) is 29.1 Å². The minimum Gasteiger partial charge on any atom is -0.221 e. The number of tetrazole rings is 1. The van der Waals surface area contributed by atoms with Crippen LogP contribution in [0.1, 0.15) is 13.8 Å². The van der Waals surface area contributed by atoms with Gasteiger partial charge in [0.25, 0.3) is 0 Å². The largest absolute Gasteiger partial charge is 0.221 e. The van der Waals surface area contributed by atoms with Crippen molar-refractivity contribution in [3.8, 4) is 0 Å². The molecule has 0 unspecified atom stereocenters. The zero-order chi connectivity index (χ0) is 7.56. The Bertz CT molecular complexity index is 207. The maximum absolute atomic E-state index is 3.80. The van der Waals surface area contributed by atoms with Crippen LogP contribution in [0, 0.1) is 9.75 Å². The molecule has 1 aromatic rings. The third-order valence-electron chi connectivity index (χ3n) is 1.03. The molecule has 0 aliphatic rings. The first-order chi connectivity index (χ1) is 4.70. The van der Waals surface area contributed by atoms with Crippen LogP contribution in [-0.2, 0) is 6.54 Å². The van der Waals surface area contributed by atoms with Crippen molar-refractivity contribution in [1.29, 1.82) is 0 Å². The van der Waals surface area contributed by atoms with Crippen LogP contribution in [0.15, 0.2) is 0 Å². The molecule has 0 aliphatic carbocycles. The van der Waals surface area contributed by atoms with E-state index in [2.05, 4.69) is 52.0 Å². The molecule has 0 atom stereocenters. The minimum atomic E-state index is 0.594. The fourth-order valence-electron chi connectivity index (χ4n) is 0.651. The predicted molar refractivity (Wildman–Crippen MR) is 45.4 cm³/mol. The molecule has 10 heavy (non-hydrogen) atoms. The fraction of sp³-hybridized carbons (Fsp3) is 0.800. The van der Waals surface area contributed by atoms with E-state index >= 15 is 0 Å². The van der Waals surface area contributed by atoms with Crippen LogP contribution in [0.2, 0.25) is 0 Å². The van der Waals surface area contributed by atoms with Gasteiger partial charge < -0.3 is 0 Å². The second-order valence-corrected chi connectivity index (χ2v) is 3.49. The molecule has 0 aromatic carbocycles. The summed E-state index contributed by atoms with van der Waals surface area (Å²) in [6.45, 7) is 5.17. The summed E-state index contributed by atoms with van der Waals surface area (Å²) in [5.74, 6) is 0.594. The number of nitrogens with zero attached hydrogens (tertiary/aromatic N) is 4. The molecule has 1 aromatic heterocycles. The van der Waals surface area contributed by atoms with Crippen molar-refractivity contribution < 1.29 is 0 Å². The Morgan fingerprint density at radius 3 is 2.70 bits per heavy atom. The molecule has 0 N–H and O–H groups in total. The van der Waals surface area contributed by atoms with E-state index in [9.17, 15) is 0 Å². The standard InChI is InChI=1S/C5H9IN4/c1-4(2)3-10-5(6)7-8-9-10/h4H,3H2,1-2H3. The molecule has 1 rings (SSSR count). The highest BCUT2D eigenvalue weighted by Gasteiger charge is 2.02. The molecular weight excluding hydrogens is 243 g/mol. The van der Waals surface area contributed by atoms with Gasteiger partial charge in [0.05, 0.1) is 0 Å². The van der Waals surface area contributed by atoms with Gasteiger partial charge in [-0.3, -0.25) is 0 Å². The van der Waals surface area contributed by atoms with E-state index in [1.165, 1.54) is 0 Å². The Kier molecular flexibility index (Phi) is 2.58. The summed E-state index contributed by atoms with van der Waals surface area (Å²) in [5, 5.41) is 11.1. The van der Waals surface area contributed by atoms with E-state index < -0.39 is 0 Å². The molecular formula is C5H9IN4. The summed E-state index contributed by atoms with van der Waals surface area (Å²) in [7, 11) is 0. The first-order valence-corrected chi connectivity index (χ1v) is 4.19. The smallest absolute Gasteiger partial charge is 0.212 e. The Labute approximate surface area is 73.1 Å². The molecule has 0 saturated carbocycles. The molecule has 56 valence electrons. The van der Waals surface area contributed by atoms with E-state index in [0.717, 1.165) is 10.4 Å². The molecule has 0 fully saturated rings. The molecule has 4 nitrogen and oxygen atoms in total. The summed E-state index contributed by atoms with van der Waals surface area (Å²) >= 11 is 2.12. The second kappa shape index (κ2) is 3.27. The van der Waals surface area contributed by atoms with Crippen LogP contribution in [0.5, 0.6) is 0 Å². The lowest BCUT2D eigenvalue weighted by Gasteiger charge is -2.02. The van der Waals surface area contributed by atoms with E-state index in [4.69, 9.17) is 0 Å². The summed E-state index contributed by atoms with van der Waals surface area (Å²) in [6.07, 6.45) is 0. The molecule has 0 amide bonds. The lowest BCUT2D eigenvalue weighted by Crippen LogP contribution is -2.07. The zero-order valence-corrected chi connectivity index (χ0v) is 8.11. The van der Waals surface area contributed by atoms with E-state index in [0.29, 0.717) is 5.92 Å². The lowest BCUT2D eigenvalue weighted by atomic mass is 10.2. The highest BCUT2D eigenvalue weighted by atomic mass is 127. The summed E-state index contributed by atoms with van der Waals surface area (Å²) in [4.78, 5) is 0. The first-order valence-electron chi connectivity index (χ1n) is 3.12. The molecule has 1 heterocycles. The molecule has 0 aliphatic heterocycles. The van der Waals surface area contributed by atoms with Crippen LogP contribution in [0.4, 0.5) is 0 Å². The maximum Gasteiger partial charge on any atom is 0.212 e. The van der Waals surface area contributed by atoms with Crippen molar-refractivity contribution in [2.75, 3.05) is 0 Å². The van der Waals surface area contributed by atoms with Gasteiger partial charge in [-0.15, -0.1) is 5.10 Å². The molecule has 0 saturated heterocycles. The normalized spacial score (nSPS) is 10.8. The van der Waals surface area contributed by atoms with Gasteiger partial charge in [0.15, 0.2) is 0 Å². The number of halogens is 1. The molecule has 0 spiro atoms. The highest BCUT2D eigenvalue weighted by Crippen LogP contribution is 2.01. The maximum atomic E-state index is 3.80. The molecule has 0 radical (unpaired) electrons. The second-order valence-electron chi connectivity index (χ2n) is 2.52. The van der Waals surface area contributed by atoms with Gasteiger partial charge >= 0.3 is 0 Å². The lowest BCUT2D eigenvalue weighted by molar-refractivity contribution is 0.464. The Hall–Kier alpha value is -0.200. The SMILES string of the molecule is CC(C)Cn1nnnc1I. The van der Waals surface area contributed by atoms with Crippen molar-refractivity contribution >= 4 is 22.6 Å². The van der Waals surface area contributed by atoms with Crippen molar-refractivity contribution in [3.05, 3.63) is 3.83 Å². The summed E-state index contributed by atoms with van der Waals surface area (Å²) in [6, 6.07) is 0. The Morgan fingerprint density at radius 1 is 1.60 bits per heavy atom. The van der Waals surface area contributed by atoms with Gasteiger partial charge in [-0.25, -0.2) is 4.68 Å². The van der Waals surface area contributed by atoms with Crippen LogP contribution < -0.4 is 0 Å². The number of aromatic nitrogens is 4. The highest BCUT2D eigenvalue weighted by molar-refractivity contribution is 14.1. The summed E-state index contributed by atoms with van der Waals surface area (Å²) < 4.78 is 2.65. The van der Waals surface area contributed by atoms with Crippen molar-refractivity contribution in [2.45, 2.75) is 20.4 Å². The van der Waals surface area contributed by atoms with Crippen molar-refractivity contribution in [2.24, 2.45) is 5.92 Å². The first kappa shape index (κ1) is 7.90. The van der Waals surface area contributed by atoms with E-state index in [1.807, 2.05) is 0 Å². The third-order valence-corrected chi connectivity index (χ3v) is 1.80. The number of rotatable bonds is 2.